The van der Waals surface area contributed by atoms with Crippen LogP contribution in [0.25, 0.3) is 0 Å². The first-order valence-electron chi connectivity index (χ1n) is 8.78. The van der Waals surface area contributed by atoms with Crippen LogP contribution in [0.3, 0.4) is 0 Å². The predicted molar refractivity (Wildman–Crippen MR) is 87.8 cm³/mol. The van der Waals surface area contributed by atoms with Gasteiger partial charge in [-0.1, -0.05) is 29.8 Å². The highest BCUT2D eigenvalue weighted by molar-refractivity contribution is 5.79. The number of aliphatic hydroxyl groups excluding tert-OH is 1. The lowest BCUT2D eigenvalue weighted by atomic mass is 9.80. The zero-order valence-corrected chi connectivity index (χ0v) is 14.0. The first kappa shape index (κ1) is 17.3. The maximum absolute atomic E-state index is 13.5. The maximum Gasteiger partial charge on any atom is 0.248 e. The van der Waals surface area contributed by atoms with Crippen molar-refractivity contribution in [1.29, 1.82) is 0 Å². The number of benzene rings is 1. The lowest BCUT2D eigenvalue weighted by Crippen LogP contribution is -2.44. The van der Waals surface area contributed by atoms with Gasteiger partial charge in [0.1, 0.15) is 0 Å². The first-order chi connectivity index (χ1) is 11.4. The van der Waals surface area contributed by atoms with Crippen molar-refractivity contribution < 1.29 is 18.7 Å². The van der Waals surface area contributed by atoms with Crippen LogP contribution in [0, 0.1) is 12.8 Å². The maximum atomic E-state index is 13.5. The molecule has 1 aliphatic carbocycles. The Balaban J connectivity index is 1.82. The van der Waals surface area contributed by atoms with Crippen molar-refractivity contribution in [1.82, 2.24) is 4.90 Å². The van der Waals surface area contributed by atoms with E-state index in [0.717, 1.165) is 11.1 Å². The van der Waals surface area contributed by atoms with Crippen LogP contribution in [0.4, 0.5) is 8.78 Å². The smallest absolute Gasteiger partial charge is 0.248 e. The number of alkyl halides is 2. The third-order valence-corrected chi connectivity index (χ3v) is 5.54. The molecular formula is C19H25F2NO2. The Hall–Kier alpha value is -1.49. The zero-order chi connectivity index (χ0) is 17.3. The number of amides is 1. The van der Waals surface area contributed by atoms with Gasteiger partial charge in [-0.05, 0) is 37.7 Å². The fourth-order valence-corrected chi connectivity index (χ4v) is 4.27. The predicted octanol–water partition coefficient (Wildman–Crippen LogP) is 3.84. The molecule has 1 N–H and O–H groups in total. The van der Waals surface area contributed by atoms with Crippen molar-refractivity contribution in [3.63, 3.8) is 0 Å². The molecule has 1 saturated heterocycles. The molecule has 0 bridgehead atoms. The van der Waals surface area contributed by atoms with E-state index < -0.39 is 5.92 Å². The van der Waals surface area contributed by atoms with Gasteiger partial charge in [0.2, 0.25) is 11.8 Å². The second kappa shape index (κ2) is 6.79. The highest BCUT2D eigenvalue weighted by Gasteiger charge is 2.44. The molecule has 1 aromatic rings. The van der Waals surface area contributed by atoms with Crippen LogP contribution in [0.1, 0.15) is 55.7 Å². The number of hydrogen-bond acceptors (Lipinski definition) is 2. The van der Waals surface area contributed by atoms with E-state index in [9.17, 15) is 18.7 Å². The van der Waals surface area contributed by atoms with Gasteiger partial charge < -0.3 is 10.0 Å². The van der Waals surface area contributed by atoms with Crippen LogP contribution < -0.4 is 0 Å². The monoisotopic (exact) mass is 337 g/mol. The molecular weight excluding hydrogens is 312 g/mol. The third kappa shape index (κ3) is 3.46. The van der Waals surface area contributed by atoms with E-state index in [1.807, 2.05) is 31.2 Å². The van der Waals surface area contributed by atoms with Gasteiger partial charge in [0.05, 0.1) is 12.6 Å². The summed E-state index contributed by atoms with van der Waals surface area (Å²) in [6.07, 6.45) is 1.87. The molecule has 1 heterocycles. The second-order valence-electron chi connectivity index (χ2n) is 7.21. The average molecular weight is 337 g/mol. The van der Waals surface area contributed by atoms with E-state index in [2.05, 4.69) is 0 Å². The molecule has 1 aliphatic heterocycles. The average Bonchev–Trinajstić information content (AvgIpc) is 2.90. The van der Waals surface area contributed by atoms with Crippen LogP contribution in [-0.4, -0.2) is 34.5 Å². The Labute approximate surface area is 141 Å². The van der Waals surface area contributed by atoms with Gasteiger partial charge in [0.15, 0.2) is 0 Å². The summed E-state index contributed by atoms with van der Waals surface area (Å²) in [6, 6.07) is 7.39. The highest BCUT2D eigenvalue weighted by atomic mass is 19.3. The molecule has 2 aliphatic rings. The van der Waals surface area contributed by atoms with E-state index in [1.54, 1.807) is 4.90 Å². The summed E-state index contributed by atoms with van der Waals surface area (Å²) >= 11 is 0. The van der Waals surface area contributed by atoms with Gasteiger partial charge in [-0.25, -0.2) is 8.78 Å². The summed E-state index contributed by atoms with van der Waals surface area (Å²) in [7, 11) is 0. The minimum Gasteiger partial charge on any atom is -0.394 e. The fraction of sp³-hybridized carbons (Fsp3) is 0.632. The minimum absolute atomic E-state index is 0.0258. The van der Waals surface area contributed by atoms with Crippen molar-refractivity contribution in [2.24, 2.45) is 5.92 Å². The molecule has 2 atom stereocenters. The lowest BCUT2D eigenvalue weighted by molar-refractivity contribution is -0.134. The number of carbonyl (C=O) groups excluding carboxylic acids is 1. The number of likely N-dealkylation sites (tertiary alicyclic amines) is 1. The molecule has 1 saturated carbocycles. The van der Waals surface area contributed by atoms with Gasteiger partial charge in [-0.3, -0.25) is 4.79 Å². The van der Waals surface area contributed by atoms with E-state index in [4.69, 9.17) is 0 Å². The fourth-order valence-electron chi connectivity index (χ4n) is 4.27. The zero-order valence-electron chi connectivity index (χ0n) is 14.0. The van der Waals surface area contributed by atoms with Crippen LogP contribution in [0.2, 0.25) is 0 Å². The molecule has 1 amide bonds. The van der Waals surface area contributed by atoms with Gasteiger partial charge in [0, 0.05) is 25.3 Å². The highest BCUT2D eigenvalue weighted by Crippen LogP contribution is 2.43. The van der Waals surface area contributed by atoms with Gasteiger partial charge >= 0.3 is 0 Å². The standard InChI is InChI=1S/C19H25F2NO2/c1-13-3-2-4-15(11-13)17(12-23)22-16(5-6-18(22)24)14-7-9-19(20,21)10-8-14/h2-4,11,14,16-17,23H,5-10,12H2,1H3/t16-,17-/m0/s1. The summed E-state index contributed by atoms with van der Waals surface area (Å²) < 4.78 is 26.9. The molecule has 24 heavy (non-hydrogen) atoms. The largest absolute Gasteiger partial charge is 0.394 e. The molecule has 0 unspecified atom stereocenters. The van der Waals surface area contributed by atoms with Crippen LogP contribution in [0.15, 0.2) is 24.3 Å². The summed E-state index contributed by atoms with van der Waals surface area (Å²) in [6.45, 7) is 1.83. The van der Waals surface area contributed by atoms with E-state index in [0.29, 0.717) is 25.7 Å². The number of nitrogens with zero attached hydrogens (tertiary/aromatic N) is 1. The quantitative estimate of drug-likeness (QED) is 0.907. The van der Waals surface area contributed by atoms with Gasteiger partial charge in [0.25, 0.3) is 0 Å². The number of hydrogen-bond donors (Lipinski definition) is 1. The number of aliphatic hydroxyl groups is 1. The van der Waals surface area contributed by atoms with Crippen LogP contribution >= 0.6 is 0 Å². The van der Waals surface area contributed by atoms with Crippen molar-refractivity contribution >= 4 is 5.91 Å². The Morgan fingerprint density at radius 1 is 1.29 bits per heavy atom. The summed E-state index contributed by atoms with van der Waals surface area (Å²) in [5.74, 6) is -2.43. The lowest BCUT2D eigenvalue weighted by Gasteiger charge is -2.39. The molecule has 0 spiro atoms. The number of rotatable bonds is 4. The number of carbonyl (C=O) groups is 1. The molecule has 3 nitrogen and oxygen atoms in total. The number of aryl methyl sites for hydroxylation is 1. The number of halogens is 2. The summed E-state index contributed by atoms with van der Waals surface area (Å²) in [5.41, 5.74) is 1.99. The topological polar surface area (TPSA) is 40.5 Å². The Morgan fingerprint density at radius 3 is 2.62 bits per heavy atom. The van der Waals surface area contributed by atoms with E-state index in [1.165, 1.54) is 0 Å². The molecule has 5 heteroatoms. The van der Waals surface area contributed by atoms with Gasteiger partial charge in [-0.2, -0.15) is 0 Å². The Morgan fingerprint density at radius 2 is 2.00 bits per heavy atom. The molecule has 3 rings (SSSR count). The third-order valence-electron chi connectivity index (χ3n) is 5.54. The molecule has 0 aromatic heterocycles. The van der Waals surface area contributed by atoms with Crippen molar-refractivity contribution in [3.8, 4) is 0 Å². The van der Waals surface area contributed by atoms with Crippen molar-refractivity contribution in [2.75, 3.05) is 6.61 Å². The van der Waals surface area contributed by atoms with Crippen LogP contribution in [0.5, 0.6) is 0 Å². The Bertz CT molecular complexity index is 595. The first-order valence-corrected chi connectivity index (χ1v) is 8.78. The van der Waals surface area contributed by atoms with Gasteiger partial charge in [-0.15, -0.1) is 0 Å². The van der Waals surface area contributed by atoms with Crippen molar-refractivity contribution in [2.45, 2.75) is 63.5 Å². The normalized spacial score (nSPS) is 25.9. The van der Waals surface area contributed by atoms with Crippen LogP contribution in [-0.2, 0) is 4.79 Å². The minimum atomic E-state index is -2.56. The summed E-state index contributed by atoms with van der Waals surface area (Å²) in [5, 5.41) is 9.93. The Kier molecular flexibility index (Phi) is 4.90. The second-order valence-corrected chi connectivity index (χ2v) is 7.21. The molecule has 2 fully saturated rings. The molecule has 0 radical (unpaired) electrons. The van der Waals surface area contributed by atoms with E-state index in [-0.39, 0.29) is 43.4 Å². The molecule has 132 valence electrons. The van der Waals surface area contributed by atoms with Crippen molar-refractivity contribution in [3.05, 3.63) is 35.4 Å². The molecule has 1 aromatic carbocycles. The summed E-state index contributed by atoms with van der Waals surface area (Å²) in [4.78, 5) is 14.3. The van der Waals surface area contributed by atoms with E-state index >= 15 is 0 Å². The SMILES string of the molecule is Cc1cccc([C@H](CO)N2C(=O)CC[C@H]2C2CCC(F)(F)CC2)c1.